The summed E-state index contributed by atoms with van der Waals surface area (Å²) in [6, 6.07) is 13.5. The standard InChI is InChI=1S/C25H23FN2O4/c1-2-30-22-12-16(8-11-20(22)31-14-15-6-9-17(26)10-7-15)23-18(13-27)25(28)32-21-5-3-4-19(29)24(21)23/h6-12,23H,2-5,14,28H2,1H3. The van der Waals surface area contributed by atoms with Gasteiger partial charge in [-0.25, -0.2) is 4.39 Å². The van der Waals surface area contributed by atoms with E-state index in [1.165, 1.54) is 12.1 Å². The van der Waals surface area contributed by atoms with Crippen LogP contribution in [0.5, 0.6) is 11.5 Å². The maximum atomic E-state index is 13.1. The zero-order valence-corrected chi connectivity index (χ0v) is 17.7. The normalized spacial score (nSPS) is 18.0. The Morgan fingerprint density at radius 3 is 2.66 bits per heavy atom. The van der Waals surface area contributed by atoms with Gasteiger partial charge in [0.25, 0.3) is 0 Å². The number of ether oxygens (including phenoxy) is 3. The zero-order chi connectivity index (χ0) is 22.7. The van der Waals surface area contributed by atoms with Crippen molar-refractivity contribution in [1.29, 1.82) is 5.26 Å². The van der Waals surface area contributed by atoms with E-state index in [4.69, 9.17) is 19.9 Å². The van der Waals surface area contributed by atoms with Crippen LogP contribution in [0.4, 0.5) is 4.39 Å². The van der Waals surface area contributed by atoms with Gasteiger partial charge < -0.3 is 19.9 Å². The monoisotopic (exact) mass is 434 g/mol. The van der Waals surface area contributed by atoms with Gasteiger partial charge in [-0.05, 0) is 48.7 Å². The van der Waals surface area contributed by atoms with Gasteiger partial charge in [0, 0.05) is 18.4 Å². The highest BCUT2D eigenvalue weighted by molar-refractivity contribution is 5.99. The van der Waals surface area contributed by atoms with E-state index in [9.17, 15) is 14.4 Å². The van der Waals surface area contributed by atoms with Crippen molar-refractivity contribution in [3.8, 4) is 17.6 Å². The Morgan fingerprint density at radius 2 is 1.94 bits per heavy atom. The number of hydrogen-bond acceptors (Lipinski definition) is 6. The lowest BCUT2D eigenvalue weighted by molar-refractivity contribution is -0.116. The largest absolute Gasteiger partial charge is 0.490 e. The van der Waals surface area contributed by atoms with Gasteiger partial charge in [-0.3, -0.25) is 4.79 Å². The van der Waals surface area contributed by atoms with Crippen molar-refractivity contribution in [3.05, 3.63) is 82.2 Å². The van der Waals surface area contributed by atoms with Crippen molar-refractivity contribution in [2.45, 2.75) is 38.7 Å². The van der Waals surface area contributed by atoms with Crippen LogP contribution in [0.3, 0.4) is 0 Å². The summed E-state index contributed by atoms with van der Waals surface area (Å²) in [7, 11) is 0. The minimum Gasteiger partial charge on any atom is -0.490 e. The van der Waals surface area contributed by atoms with Crippen molar-refractivity contribution in [3.63, 3.8) is 0 Å². The molecule has 2 N–H and O–H groups in total. The number of hydrogen-bond donors (Lipinski definition) is 1. The fourth-order valence-corrected chi connectivity index (χ4v) is 4.02. The number of carbonyl (C=O) groups is 1. The molecule has 2 aromatic carbocycles. The number of carbonyl (C=O) groups excluding carboxylic acids is 1. The Balaban J connectivity index is 1.69. The molecule has 0 saturated carbocycles. The molecule has 2 aliphatic rings. The molecule has 1 aliphatic carbocycles. The van der Waals surface area contributed by atoms with Gasteiger partial charge in [0.2, 0.25) is 5.88 Å². The third kappa shape index (κ3) is 4.17. The molecule has 0 amide bonds. The average Bonchev–Trinajstić information content (AvgIpc) is 2.79. The first-order valence-electron chi connectivity index (χ1n) is 10.5. The second kappa shape index (κ2) is 9.15. The summed E-state index contributed by atoms with van der Waals surface area (Å²) in [6.07, 6.45) is 1.71. The van der Waals surface area contributed by atoms with Crippen LogP contribution in [0.15, 0.2) is 65.3 Å². The molecule has 2 aromatic rings. The average molecular weight is 434 g/mol. The summed E-state index contributed by atoms with van der Waals surface area (Å²) >= 11 is 0. The van der Waals surface area contributed by atoms with Crippen molar-refractivity contribution in [1.82, 2.24) is 0 Å². The molecule has 6 nitrogen and oxygen atoms in total. The van der Waals surface area contributed by atoms with Gasteiger partial charge in [0.15, 0.2) is 17.3 Å². The number of nitriles is 1. The quantitative estimate of drug-likeness (QED) is 0.713. The number of nitrogens with two attached hydrogens (primary N) is 1. The van der Waals surface area contributed by atoms with Gasteiger partial charge in [-0.2, -0.15) is 5.26 Å². The number of halogens is 1. The fourth-order valence-electron chi connectivity index (χ4n) is 4.02. The van der Waals surface area contributed by atoms with E-state index < -0.39 is 5.92 Å². The van der Waals surface area contributed by atoms with Crippen LogP contribution in [-0.2, 0) is 16.1 Å². The Morgan fingerprint density at radius 1 is 1.16 bits per heavy atom. The number of ketones is 1. The highest BCUT2D eigenvalue weighted by Gasteiger charge is 2.38. The van der Waals surface area contributed by atoms with Crippen LogP contribution in [0.2, 0.25) is 0 Å². The SMILES string of the molecule is CCOc1cc(C2C(C#N)=C(N)OC3=C2C(=O)CCC3)ccc1OCc1ccc(F)cc1. The second-order valence-electron chi connectivity index (χ2n) is 7.59. The lowest BCUT2D eigenvalue weighted by atomic mass is 9.77. The maximum absolute atomic E-state index is 13.1. The smallest absolute Gasteiger partial charge is 0.205 e. The number of benzene rings is 2. The molecule has 0 radical (unpaired) electrons. The molecule has 7 heteroatoms. The first-order chi connectivity index (χ1) is 15.5. The lowest BCUT2D eigenvalue weighted by Gasteiger charge is -2.31. The number of Topliss-reactive ketones (excluding diaryl/α,β-unsaturated/α-hetero) is 1. The van der Waals surface area contributed by atoms with Crippen LogP contribution in [-0.4, -0.2) is 12.4 Å². The molecule has 0 aromatic heterocycles. The Hall–Kier alpha value is -3.79. The van der Waals surface area contributed by atoms with Crippen LogP contribution in [0.1, 0.15) is 43.2 Å². The summed E-state index contributed by atoms with van der Waals surface area (Å²) in [5.41, 5.74) is 8.24. The molecule has 164 valence electrons. The summed E-state index contributed by atoms with van der Waals surface area (Å²) in [5.74, 6) is 0.605. The van der Waals surface area contributed by atoms with Crippen LogP contribution < -0.4 is 15.2 Å². The molecule has 1 heterocycles. The van der Waals surface area contributed by atoms with Gasteiger partial charge in [-0.1, -0.05) is 18.2 Å². The van der Waals surface area contributed by atoms with Gasteiger partial charge >= 0.3 is 0 Å². The molecule has 4 rings (SSSR count). The molecular formula is C25H23FN2O4. The third-order valence-corrected chi connectivity index (χ3v) is 5.51. The summed E-state index contributed by atoms with van der Waals surface area (Å²) in [4.78, 5) is 12.7. The van der Waals surface area contributed by atoms with Crippen molar-refractivity contribution >= 4 is 5.78 Å². The van der Waals surface area contributed by atoms with E-state index in [2.05, 4.69) is 6.07 Å². The highest BCUT2D eigenvalue weighted by Crippen LogP contribution is 2.45. The fraction of sp³-hybridized carbons (Fsp3) is 0.280. The summed E-state index contributed by atoms with van der Waals surface area (Å²) in [5, 5.41) is 9.74. The predicted octanol–water partition coefficient (Wildman–Crippen LogP) is 4.62. The Bertz CT molecular complexity index is 1150. The Labute approximate surface area is 185 Å². The Kier molecular flexibility index (Phi) is 6.13. The molecule has 1 unspecified atom stereocenters. The molecule has 0 fully saturated rings. The first-order valence-corrected chi connectivity index (χ1v) is 10.5. The van der Waals surface area contributed by atoms with Gasteiger partial charge in [-0.15, -0.1) is 0 Å². The minimum absolute atomic E-state index is 0.0283. The van der Waals surface area contributed by atoms with E-state index >= 15 is 0 Å². The van der Waals surface area contributed by atoms with Crippen LogP contribution in [0.25, 0.3) is 0 Å². The molecule has 1 aliphatic heterocycles. The molecule has 0 bridgehead atoms. The van der Waals surface area contributed by atoms with Crippen LogP contribution in [0, 0.1) is 17.1 Å². The van der Waals surface area contributed by atoms with E-state index in [-0.39, 0.29) is 29.7 Å². The minimum atomic E-state index is -0.609. The lowest BCUT2D eigenvalue weighted by Crippen LogP contribution is -2.27. The molecule has 0 spiro atoms. The van der Waals surface area contributed by atoms with Crippen molar-refractivity contribution < 1.29 is 23.4 Å². The van der Waals surface area contributed by atoms with E-state index in [1.54, 1.807) is 30.3 Å². The second-order valence-corrected chi connectivity index (χ2v) is 7.59. The third-order valence-electron chi connectivity index (χ3n) is 5.51. The number of nitrogens with zero attached hydrogens (tertiary/aromatic N) is 1. The predicted molar refractivity (Wildman–Crippen MR) is 115 cm³/mol. The van der Waals surface area contributed by atoms with Gasteiger partial charge in [0.05, 0.1) is 12.5 Å². The first kappa shape index (κ1) is 21.4. The molecule has 1 atom stereocenters. The molecule has 0 saturated heterocycles. The summed E-state index contributed by atoms with van der Waals surface area (Å²) in [6.45, 7) is 2.50. The van der Waals surface area contributed by atoms with Crippen LogP contribution >= 0.6 is 0 Å². The topological polar surface area (TPSA) is 94.6 Å². The van der Waals surface area contributed by atoms with E-state index in [0.717, 1.165) is 5.56 Å². The highest BCUT2D eigenvalue weighted by atomic mass is 19.1. The molecular weight excluding hydrogens is 411 g/mol. The van der Waals surface area contributed by atoms with E-state index in [0.29, 0.717) is 54.3 Å². The van der Waals surface area contributed by atoms with E-state index in [1.807, 2.05) is 6.92 Å². The number of allylic oxidation sites excluding steroid dienone is 3. The number of rotatable bonds is 6. The zero-order valence-electron chi connectivity index (χ0n) is 17.7. The van der Waals surface area contributed by atoms with Crippen molar-refractivity contribution in [2.75, 3.05) is 6.61 Å². The maximum Gasteiger partial charge on any atom is 0.205 e. The van der Waals surface area contributed by atoms with Gasteiger partial charge in [0.1, 0.15) is 29.8 Å². The summed E-state index contributed by atoms with van der Waals surface area (Å²) < 4.78 is 30.5. The molecule has 32 heavy (non-hydrogen) atoms. The van der Waals surface area contributed by atoms with Crippen molar-refractivity contribution in [2.24, 2.45) is 5.73 Å².